The topological polar surface area (TPSA) is 105 Å². The minimum absolute atomic E-state index is 0.366. The van der Waals surface area contributed by atoms with Crippen molar-refractivity contribution in [2.75, 3.05) is 28.4 Å². The fraction of sp³-hybridized carbons (Fsp3) is 0.867. The lowest BCUT2D eigenvalue weighted by Crippen LogP contribution is -2.19. The molecule has 0 aromatic carbocycles. The van der Waals surface area contributed by atoms with Crippen molar-refractivity contribution in [2.45, 2.75) is 61.0 Å². The highest BCUT2D eigenvalue weighted by Crippen LogP contribution is 1.72. The molecular weight excluding hydrogens is 302 g/mol. The molecule has 0 aromatic rings. The molecule has 0 rings (SSSR count). The lowest BCUT2D eigenvalue weighted by atomic mass is 10.5. The van der Waals surface area contributed by atoms with Crippen molar-refractivity contribution in [1.29, 1.82) is 0 Å². The van der Waals surface area contributed by atoms with Crippen molar-refractivity contribution in [1.82, 2.24) is 5.32 Å². The molecule has 0 saturated heterocycles. The van der Waals surface area contributed by atoms with E-state index >= 15 is 0 Å². The maximum Gasteiger partial charge on any atom is 0.151 e. The normalized spacial score (nSPS) is 10.7. The van der Waals surface area contributed by atoms with E-state index in [9.17, 15) is 0 Å². The van der Waals surface area contributed by atoms with Gasteiger partial charge in [0.15, 0.2) is 6.29 Å². The first kappa shape index (κ1) is 33.4. The molecule has 2 unspecified atom stereocenters. The first-order valence-corrected chi connectivity index (χ1v) is 7.34. The summed E-state index contributed by atoms with van der Waals surface area (Å²) in [6.45, 7) is 12.8. The molecule has 0 aliphatic rings. The first-order valence-electron chi connectivity index (χ1n) is 7.34. The lowest BCUT2D eigenvalue weighted by Gasteiger charge is -1.94. The van der Waals surface area contributed by atoms with E-state index in [1.165, 1.54) is 21.3 Å². The van der Waals surface area contributed by atoms with Gasteiger partial charge in [-0.3, -0.25) is 5.32 Å². The van der Waals surface area contributed by atoms with E-state index < -0.39 is 6.29 Å². The summed E-state index contributed by atoms with van der Waals surface area (Å²) >= 11 is 0. The van der Waals surface area contributed by atoms with Gasteiger partial charge in [0.05, 0.1) is 5.71 Å². The Labute approximate surface area is 142 Å². The molecule has 144 valence electrons. The Morgan fingerprint density at radius 2 is 1.39 bits per heavy atom. The van der Waals surface area contributed by atoms with Crippen molar-refractivity contribution in [3.05, 3.63) is 0 Å². The van der Waals surface area contributed by atoms with Crippen molar-refractivity contribution in [3.8, 4) is 0 Å². The van der Waals surface area contributed by atoms with Crippen molar-refractivity contribution < 1.29 is 24.6 Å². The summed E-state index contributed by atoms with van der Waals surface area (Å²) in [7, 11) is 6.20. The Morgan fingerprint density at radius 1 is 1.04 bits per heavy atom. The highest BCUT2D eigenvalue weighted by Gasteiger charge is 1.80. The second kappa shape index (κ2) is 37.2. The van der Waals surface area contributed by atoms with E-state index in [2.05, 4.69) is 30.0 Å². The van der Waals surface area contributed by atoms with Crippen LogP contribution in [0.2, 0.25) is 0 Å². The van der Waals surface area contributed by atoms with Crippen LogP contribution in [0.1, 0.15) is 48.5 Å². The van der Waals surface area contributed by atoms with Crippen LogP contribution in [-0.2, 0) is 14.4 Å². The number of oxime groups is 2. The fourth-order valence-electron chi connectivity index (χ4n) is 0.288. The second-order valence-corrected chi connectivity index (χ2v) is 3.57. The van der Waals surface area contributed by atoms with Crippen LogP contribution in [0.25, 0.3) is 0 Å². The van der Waals surface area contributed by atoms with Crippen molar-refractivity contribution in [2.24, 2.45) is 10.3 Å². The van der Waals surface area contributed by atoms with Crippen LogP contribution in [-0.4, -0.2) is 63.0 Å². The third-order valence-corrected chi connectivity index (χ3v) is 1.24. The summed E-state index contributed by atoms with van der Waals surface area (Å²) in [5.74, 6) is 0. The van der Waals surface area contributed by atoms with Crippen LogP contribution in [0.3, 0.4) is 0 Å². The Bertz CT molecular complexity index is 211. The van der Waals surface area contributed by atoms with E-state index in [1.807, 2.05) is 27.7 Å². The fourth-order valence-corrected chi connectivity index (χ4v) is 0.288. The molecule has 8 heteroatoms. The molecule has 0 aromatic heterocycles. The van der Waals surface area contributed by atoms with Gasteiger partial charge in [0.2, 0.25) is 0 Å². The summed E-state index contributed by atoms with van der Waals surface area (Å²) in [6, 6.07) is 0. The highest BCUT2D eigenvalue weighted by atomic mass is 16.6. The smallest absolute Gasteiger partial charge is 0.151 e. The predicted octanol–water partition coefficient (Wildman–Crippen LogP) is 2.21. The summed E-state index contributed by atoms with van der Waals surface area (Å²) in [5, 5.41) is 25.9. The number of hydrogen-bond donors (Lipinski definition) is 3. The zero-order chi connectivity index (χ0) is 19.7. The molecule has 0 amide bonds. The van der Waals surface area contributed by atoms with Crippen LogP contribution in [0.4, 0.5) is 0 Å². The van der Waals surface area contributed by atoms with Gasteiger partial charge in [-0.2, -0.15) is 0 Å². The number of ether oxygens (including phenoxy) is 1. The molecule has 0 aliphatic carbocycles. The van der Waals surface area contributed by atoms with Crippen molar-refractivity contribution in [3.63, 3.8) is 0 Å². The zero-order valence-corrected chi connectivity index (χ0v) is 16.7. The maximum atomic E-state index is 8.25. The zero-order valence-electron chi connectivity index (χ0n) is 16.7. The standard InChI is InChI=1S/C4H9NO.C3H7NO.C3H9NO.C3H8O2.C2H6/c1-4(2)5-6-3;1-3-4-5-2;1-3(5)4-2;1-3(4)5-2;1-2/h1-3H3;3H,1-2H3;3-5H,1-2H3;3-4H,1-2H3;1-2H3. The monoisotopic (exact) mass is 341 g/mol. The van der Waals surface area contributed by atoms with Crippen LogP contribution >= 0.6 is 0 Å². The third kappa shape index (κ3) is 121. The minimum atomic E-state index is -0.616. The molecule has 0 saturated carbocycles. The van der Waals surface area contributed by atoms with Crippen LogP contribution in [0.5, 0.6) is 0 Å². The average molecular weight is 341 g/mol. The molecule has 0 fully saturated rings. The summed E-state index contributed by atoms with van der Waals surface area (Å²) in [4.78, 5) is 8.65. The molecule has 23 heavy (non-hydrogen) atoms. The second-order valence-electron chi connectivity index (χ2n) is 3.57. The van der Waals surface area contributed by atoms with Gasteiger partial charge in [-0.25, -0.2) is 0 Å². The van der Waals surface area contributed by atoms with Gasteiger partial charge in [0.25, 0.3) is 0 Å². The van der Waals surface area contributed by atoms with E-state index in [0.29, 0.717) is 0 Å². The number of nitrogens with zero attached hydrogens (tertiary/aromatic N) is 2. The van der Waals surface area contributed by atoms with Crippen LogP contribution in [0, 0.1) is 0 Å². The molecule has 0 bridgehead atoms. The molecule has 3 N–H and O–H groups in total. The molecule has 0 heterocycles. The minimum Gasteiger partial charge on any atom is -0.399 e. The summed E-state index contributed by atoms with van der Waals surface area (Å²) in [5.41, 5.74) is 0.942. The Hall–Kier alpha value is -1.22. The Kier molecular flexibility index (Phi) is 54.0. The predicted molar refractivity (Wildman–Crippen MR) is 97.7 cm³/mol. The van der Waals surface area contributed by atoms with Gasteiger partial charge in [-0.1, -0.05) is 19.0 Å². The van der Waals surface area contributed by atoms with Crippen LogP contribution in [0.15, 0.2) is 10.3 Å². The van der Waals surface area contributed by atoms with Gasteiger partial charge in [0, 0.05) is 13.3 Å². The van der Waals surface area contributed by atoms with E-state index in [-0.39, 0.29) is 6.23 Å². The van der Waals surface area contributed by atoms with Crippen molar-refractivity contribution >= 4 is 11.9 Å². The molecule has 8 nitrogen and oxygen atoms in total. The Balaban J connectivity index is -0.0000000605. The summed E-state index contributed by atoms with van der Waals surface area (Å²) < 4.78 is 4.31. The molecule has 0 aliphatic heterocycles. The average Bonchev–Trinajstić information content (AvgIpc) is 2.51. The lowest BCUT2D eigenvalue weighted by molar-refractivity contribution is -0.0584. The maximum absolute atomic E-state index is 8.25. The molecule has 0 spiro atoms. The largest absolute Gasteiger partial charge is 0.399 e. The first-order chi connectivity index (χ1) is 10.7. The number of aliphatic hydroxyl groups is 2. The number of hydrogen-bond acceptors (Lipinski definition) is 8. The highest BCUT2D eigenvalue weighted by molar-refractivity contribution is 5.78. The molecular formula is C15H39N3O5. The molecule has 0 radical (unpaired) electrons. The number of methoxy groups -OCH3 is 1. The Morgan fingerprint density at radius 3 is 1.39 bits per heavy atom. The number of rotatable bonds is 4. The van der Waals surface area contributed by atoms with E-state index in [1.54, 1.807) is 34.0 Å². The number of nitrogens with one attached hydrogen (secondary N) is 1. The van der Waals surface area contributed by atoms with Crippen LogP contribution < -0.4 is 5.32 Å². The van der Waals surface area contributed by atoms with Gasteiger partial charge in [-0.15, -0.1) is 5.16 Å². The molecule has 2 atom stereocenters. The number of aliphatic hydroxyl groups excluding tert-OH is 2. The van der Waals surface area contributed by atoms with Gasteiger partial charge < -0.3 is 24.6 Å². The van der Waals surface area contributed by atoms with E-state index in [4.69, 9.17) is 10.2 Å². The van der Waals surface area contributed by atoms with Gasteiger partial charge in [-0.05, 0) is 41.7 Å². The quantitative estimate of drug-likeness (QED) is 0.411. The SMILES string of the molecule is CC.CC=NOC.CNC(C)O.COC(C)O.CON=C(C)C. The summed E-state index contributed by atoms with van der Waals surface area (Å²) in [6.07, 6.45) is 0.602. The van der Waals surface area contributed by atoms with Gasteiger partial charge >= 0.3 is 0 Å². The van der Waals surface area contributed by atoms with E-state index in [0.717, 1.165) is 5.71 Å². The van der Waals surface area contributed by atoms with Gasteiger partial charge in [0.1, 0.15) is 20.4 Å². The third-order valence-electron chi connectivity index (χ3n) is 1.24.